The zero-order chi connectivity index (χ0) is 12.1. The largest absolute Gasteiger partial charge is 0.370 e. The van der Waals surface area contributed by atoms with Crippen molar-refractivity contribution in [1.82, 2.24) is 4.98 Å². The highest BCUT2D eigenvalue weighted by Crippen LogP contribution is 2.06. The smallest absolute Gasteiger partial charge is 0.125 e. The van der Waals surface area contributed by atoms with E-state index in [9.17, 15) is 0 Å². The van der Waals surface area contributed by atoms with Crippen LogP contribution in [0.1, 0.15) is 16.7 Å². The maximum absolute atomic E-state index is 4.31. The molecule has 0 fully saturated rings. The minimum Gasteiger partial charge on any atom is -0.370 e. The van der Waals surface area contributed by atoms with E-state index in [4.69, 9.17) is 0 Å². The quantitative estimate of drug-likeness (QED) is 0.864. The Morgan fingerprint density at radius 2 is 1.65 bits per heavy atom. The molecular formula is C15H18N2. The van der Waals surface area contributed by atoms with Crippen LogP contribution in [-0.4, -0.2) is 11.5 Å². The maximum Gasteiger partial charge on any atom is 0.125 e. The van der Waals surface area contributed by atoms with E-state index in [0.29, 0.717) is 0 Å². The van der Waals surface area contributed by atoms with Crippen molar-refractivity contribution >= 4 is 5.82 Å². The van der Waals surface area contributed by atoms with Crippen LogP contribution in [0.15, 0.2) is 42.6 Å². The summed E-state index contributed by atoms with van der Waals surface area (Å²) in [5, 5.41) is 3.32. The van der Waals surface area contributed by atoms with Crippen molar-refractivity contribution in [3.8, 4) is 0 Å². The number of hydrogen-bond donors (Lipinski definition) is 1. The molecule has 0 aliphatic rings. The van der Waals surface area contributed by atoms with Crippen LogP contribution in [0.3, 0.4) is 0 Å². The van der Waals surface area contributed by atoms with Gasteiger partial charge in [0.15, 0.2) is 0 Å². The van der Waals surface area contributed by atoms with Gasteiger partial charge in [0.25, 0.3) is 0 Å². The van der Waals surface area contributed by atoms with E-state index in [1.807, 2.05) is 19.2 Å². The van der Waals surface area contributed by atoms with Crippen LogP contribution in [0.5, 0.6) is 0 Å². The normalized spacial score (nSPS) is 10.2. The van der Waals surface area contributed by atoms with Gasteiger partial charge in [0.1, 0.15) is 5.82 Å². The van der Waals surface area contributed by atoms with Crippen LogP contribution in [0.4, 0.5) is 5.82 Å². The summed E-state index contributed by atoms with van der Waals surface area (Å²) in [7, 11) is 0. The Balaban J connectivity index is 1.83. The highest BCUT2D eigenvalue weighted by molar-refractivity contribution is 5.35. The molecule has 0 spiro atoms. The topological polar surface area (TPSA) is 24.9 Å². The molecule has 0 atom stereocenters. The molecule has 0 aliphatic heterocycles. The molecule has 1 aromatic carbocycles. The molecule has 0 radical (unpaired) electrons. The number of aromatic nitrogens is 1. The van der Waals surface area contributed by atoms with Gasteiger partial charge in [-0.1, -0.05) is 35.9 Å². The Morgan fingerprint density at radius 1 is 0.941 bits per heavy atom. The predicted molar refractivity (Wildman–Crippen MR) is 72.3 cm³/mol. The number of aryl methyl sites for hydroxylation is 2. The van der Waals surface area contributed by atoms with Gasteiger partial charge in [-0.3, -0.25) is 0 Å². The molecule has 2 rings (SSSR count). The molecule has 88 valence electrons. The third-order valence-electron chi connectivity index (χ3n) is 2.75. The van der Waals surface area contributed by atoms with E-state index < -0.39 is 0 Å². The van der Waals surface area contributed by atoms with Gasteiger partial charge in [-0.05, 0) is 37.5 Å². The summed E-state index contributed by atoms with van der Waals surface area (Å²) in [5.41, 5.74) is 3.85. The number of rotatable bonds is 4. The lowest BCUT2D eigenvalue weighted by molar-refractivity contribution is 1.00. The molecule has 0 unspecified atom stereocenters. The monoisotopic (exact) mass is 226 g/mol. The Labute approximate surface area is 103 Å². The molecule has 0 amide bonds. The number of benzene rings is 1. The van der Waals surface area contributed by atoms with Crippen molar-refractivity contribution in [3.63, 3.8) is 0 Å². The molecule has 2 nitrogen and oxygen atoms in total. The summed E-state index contributed by atoms with van der Waals surface area (Å²) in [5.74, 6) is 0.947. The van der Waals surface area contributed by atoms with Crippen molar-refractivity contribution in [2.45, 2.75) is 20.3 Å². The minimum atomic E-state index is 0.916. The second-order valence-corrected chi connectivity index (χ2v) is 4.38. The zero-order valence-electron chi connectivity index (χ0n) is 10.4. The second kappa shape index (κ2) is 5.48. The van der Waals surface area contributed by atoms with Crippen LogP contribution >= 0.6 is 0 Å². The van der Waals surface area contributed by atoms with Gasteiger partial charge in [-0.15, -0.1) is 0 Å². The van der Waals surface area contributed by atoms with Crippen LogP contribution < -0.4 is 5.32 Å². The molecule has 0 saturated carbocycles. The number of anilines is 1. The average molecular weight is 226 g/mol. The Hall–Kier alpha value is -1.83. The third kappa shape index (κ3) is 3.59. The third-order valence-corrected chi connectivity index (χ3v) is 2.75. The summed E-state index contributed by atoms with van der Waals surface area (Å²) in [4.78, 5) is 4.31. The molecule has 0 saturated heterocycles. The maximum atomic E-state index is 4.31. The van der Waals surface area contributed by atoms with Gasteiger partial charge in [0.05, 0.1) is 0 Å². The van der Waals surface area contributed by atoms with E-state index in [0.717, 1.165) is 18.8 Å². The highest BCUT2D eigenvalue weighted by Gasteiger charge is 1.95. The van der Waals surface area contributed by atoms with Crippen molar-refractivity contribution in [1.29, 1.82) is 0 Å². The molecule has 2 aromatic rings. The van der Waals surface area contributed by atoms with Crippen LogP contribution in [0.25, 0.3) is 0 Å². The SMILES string of the molecule is Cc1ccc(CCNc2ccc(C)cn2)cc1. The van der Waals surface area contributed by atoms with Crippen molar-refractivity contribution in [2.75, 3.05) is 11.9 Å². The molecule has 0 bridgehead atoms. The number of pyridine rings is 1. The lowest BCUT2D eigenvalue weighted by Crippen LogP contribution is -2.06. The van der Waals surface area contributed by atoms with E-state index in [1.165, 1.54) is 16.7 Å². The van der Waals surface area contributed by atoms with Gasteiger partial charge in [0.2, 0.25) is 0 Å². The number of hydrogen-bond acceptors (Lipinski definition) is 2. The Bertz CT molecular complexity index is 412. The first-order valence-corrected chi connectivity index (χ1v) is 5.96. The second-order valence-electron chi connectivity index (χ2n) is 4.38. The molecular weight excluding hydrogens is 208 g/mol. The first-order valence-electron chi connectivity index (χ1n) is 5.96. The van der Waals surface area contributed by atoms with E-state index >= 15 is 0 Å². The average Bonchev–Trinajstić information content (AvgIpc) is 2.34. The van der Waals surface area contributed by atoms with Crippen molar-refractivity contribution < 1.29 is 0 Å². The van der Waals surface area contributed by atoms with Gasteiger partial charge >= 0.3 is 0 Å². The molecule has 0 aliphatic carbocycles. The fourth-order valence-corrected chi connectivity index (χ4v) is 1.66. The van der Waals surface area contributed by atoms with Crippen LogP contribution in [0.2, 0.25) is 0 Å². The first kappa shape index (κ1) is 11.6. The molecule has 1 N–H and O–H groups in total. The molecule has 2 heteroatoms. The Kier molecular flexibility index (Phi) is 3.76. The highest BCUT2D eigenvalue weighted by atomic mass is 15.0. The summed E-state index contributed by atoms with van der Waals surface area (Å²) in [6, 6.07) is 12.8. The van der Waals surface area contributed by atoms with Crippen molar-refractivity contribution in [2.24, 2.45) is 0 Å². The van der Waals surface area contributed by atoms with E-state index in [-0.39, 0.29) is 0 Å². The summed E-state index contributed by atoms with van der Waals surface area (Å²) >= 11 is 0. The van der Waals surface area contributed by atoms with Gasteiger partial charge in [0, 0.05) is 12.7 Å². The minimum absolute atomic E-state index is 0.916. The summed E-state index contributed by atoms with van der Waals surface area (Å²) < 4.78 is 0. The van der Waals surface area contributed by atoms with E-state index in [1.54, 1.807) is 0 Å². The van der Waals surface area contributed by atoms with Gasteiger partial charge in [-0.2, -0.15) is 0 Å². The number of nitrogens with one attached hydrogen (secondary N) is 1. The Morgan fingerprint density at radius 3 is 2.29 bits per heavy atom. The van der Waals surface area contributed by atoms with Crippen molar-refractivity contribution in [3.05, 3.63) is 59.3 Å². The standard InChI is InChI=1S/C15H18N2/c1-12-3-6-14(7-4-12)9-10-16-15-8-5-13(2)11-17-15/h3-8,11H,9-10H2,1-2H3,(H,16,17). The molecule has 17 heavy (non-hydrogen) atoms. The van der Waals surface area contributed by atoms with Crippen LogP contribution in [0, 0.1) is 13.8 Å². The lowest BCUT2D eigenvalue weighted by atomic mass is 10.1. The zero-order valence-corrected chi connectivity index (χ0v) is 10.4. The lowest BCUT2D eigenvalue weighted by Gasteiger charge is -2.06. The van der Waals surface area contributed by atoms with Crippen LogP contribution in [-0.2, 0) is 6.42 Å². The number of nitrogens with zero attached hydrogens (tertiary/aromatic N) is 1. The van der Waals surface area contributed by atoms with Gasteiger partial charge < -0.3 is 5.32 Å². The summed E-state index contributed by atoms with van der Waals surface area (Å²) in [6.45, 7) is 5.07. The first-order chi connectivity index (χ1) is 8.24. The van der Waals surface area contributed by atoms with Gasteiger partial charge in [-0.25, -0.2) is 4.98 Å². The predicted octanol–water partition coefficient (Wildman–Crippen LogP) is 3.35. The summed E-state index contributed by atoms with van der Waals surface area (Å²) in [6.07, 6.45) is 2.91. The van der Waals surface area contributed by atoms with E-state index in [2.05, 4.69) is 47.6 Å². The molecule has 1 aromatic heterocycles. The molecule has 1 heterocycles. The fourth-order valence-electron chi connectivity index (χ4n) is 1.66. The fraction of sp³-hybridized carbons (Fsp3) is 0.267.